The molecule has 0 atom stereocenters. The molecule has 0 unspecified atom stereocenters. The number of aromatic nitrogens is 2. The Balaban J connectivity index is 1.82. The van der Waals surface area contributed by atoms with Crippen molar-refractivity contribution in [2.45, 2.75) is 13.3 Å². The zero-order valence-electron chi connectivity index (χ0n) is 14.2. The molecule has 1 fully saturated rings. The van der Waals surface area contributed by atoms with Crippen molar-refractivity contribution in [3.05, 3.63) is 60.4 Å². The standard InChI is InChI=1S/C18H21N5OS/c1-3-10-19-18(25)22-12-7-11-21(22)17(24)16-13-20-23(14(16)2)15-8-5-4-6-9-15/h3-6,8-9,13H,1,7,10-12H2,2H3,(H,19,25). The van der Waals surface area contributed by atoms with Gasteiger partial charge in [-0.25, -0.2) is 9.69 Å². The molecule has 0 aliphatic carbocycles. The number of rotatable bonds is 4. The summed E-state index contributed by atoms with van der Waals surface area (Å²) < 4.78 is 1.78. The van der Waals surface area contributed by atoms with Gasteiger partial charge in [-0.05, 0) is 37.7 Å². The van der Waals surface area contributed by atoms with E-state index < -0.39 is 0 Å². The minimum absolute atomic E-state index is 0.0834. The quantitative estimate of drug-likeness (QED) is 0.674. The smallest absolute Gasteiger partial charge is 0.275 e. The molecule has 1 saturated heterocycles. The number of carbonyl (C=O) groups is 1. The summed E-state index contributed by atoms with van der Waals surface area (Å²) in [4.78, 5) is 13.0. The molecule has 25 heavy (non-hydrogen) atoms. The zero-order chi connectivity index (χ0) is 17.8. The highest BCUT2D eigenvalue weighted by atomic mass is 32.1. The topological polar surface area (TPSA) is 53.4 Å². The molecule has 3 rings (SSSR count). The number of amides is 1. The van der Waals surface area contributed by atoms with Crippen LogP contribution in [0.1, 0.15) is 22.5 Å². The van der Waals surface area contributed by atoms with Crippen molar-refractivity contribution in [1.29, 1.82) is 0 Å². The first kappa shape index (κ1) is 17.2. The van der Waals surface area contributed by atoms with Crippen LogP contribution in [0.3, 0.4) is 0 Å². The third-order valence-electron chi connectivity index (χ3n) is 4.14. The molecule has 1 aromatic heterocycles. The molecule has 130 valence electrons. The minimum Gasteiger partial charge on any atom is -0.358 e. The fourth-order valence-corrected chi connectivity index (χ4v) is 3.15. The van der Waals surface area contributed by atoms with Gasteiger partial charge >= 0.3 is 0 Å². The average molecular weight is 355 g/mol. The third kappa shape index (κ3) is 3.41. The molecule has 0 bridgehead atoms. The first-order valence-electron chi connectivity index (χ1n) is 8.21. The Labute approximate surface area is 152 Å². The van der Waals surface area contributed by atoms with Crippen LogP contribution in [0.4, 0.5) is 0 Å². The van der Waals surface area contributed by atoms with Crippen LogP contribution in [0, 0.1) is 6.92 Å². The van der Waals surface area contributed by atoms with Crippen molar-refractivity contribution in [2.75, 3.05) is 19.6 Å². The van der Waals surface area contributed by atoms with Crippen molar-refractivity contribution < 1.29 is 4.79 Å². The van der Waals surface area contributed by atoms with E-state index >= 15 is 0 Å². The van der Waals surface area contributed by atoms with Crippen LogP contribution in [0.5, 0.6) is 0 Å². The SMILES string of the molecule is C=CCNC(=S)N1CCCN1C(=O)c1cnn(-c2ccccc2)c1C. The lowest BCUT2D eigenvalue weighted by atomic mass is 10.2. The third-order valence-corrected chi connectivity index (χ3v) is 4.49. The second kappa shape index (κ2) is 7.48. The lowest BCUT2D eigenvalue weighted by molar-refractivity contribution is 0.0491. The Kier molecular flexibility index (Phi) is 5.14. The van der Waals surface area contributed by atoms with E-state index in [4.69, 9.17) is 12.2 Å². The molecular formula is C18H21N5OS. The van der Waals surface area contributed by atoms with Crippen LogP contribution in [0.25, 0.3) is 5.69 Å². The second-order valence-electron chi connectivity index (χ2n) is 5.77. The van der Waals surface area contributed by atoms with Crippen LogP contribution in [0.2, 0.25) is 0 Å². The molecule has 1 aromatic carbocycles. The first-order valence-corrected chi connectivity index (χ1v) is 8.62. The van der Waals surface area contributed by atoms with Gasteiger partial charge in [-0.1, -0.05) is 24.3 Å². The number of hydrazine groups is 1. The number of hydrogen-bond donors (Lipinski definition) is 1. The molecule has 0 saturated carbocycles. The normalized spacial score (nSPS) is 13.8. The predicted molar refractivity (Wildman–Crippen MR) is 101 cm³/mol. The number of nitrogens with one attached hydrogen (secondary N) is 1. The van der Waals surface area contributed by atoms with Crippen LogP contribution in [-0.4, -0.2) is 50.5 Å². The van der Waals surface area contributed by atoms with Crippen LogP contribution in [-0.2, 0) is 0 Å². The average Bonchev–Trinajstić information content (AvgIpc) is 3.27. The van der Waals surface area contributed by atoms with Crippen molar-refractivity contribution in [2.24, 2.45) is 0 Å². The fraction of sp³-hybridized carbons (Fsp3) is 0.278. The second-order valence-corrected chi connectivity index (χ2v) is 6.16. The molecule has 1 amide bonds. The van der Waals surface area contributed by atoms with Crippen LogP contribution in [0.15, 0.2) is 49.2 Å². The molecule has 1 aliphatic rings. The number of para-hydroxylation sites is 1. The van der Waals surface area contributed by atoms with Gasteiger partial charge in [0.15, 0.2) is 5.11 Å². The Morgan fingerprint density at radius 1 is 1.32 bits per heavy atom. The van der Waals surface area contributed by atoms with Gasteiger partial charge in [-0.3, -0.25) is 9.80 Å². The lowest BCUT2D eigenvalue weighted by Crippen LogP contribution is -2.49. The maximum absolute atomic E-state index is 13.0. The Morgan fingerprint density at radius 2 is 2.04 bits per heavy atom. The van der Waals surface area contributed by atoms with Crippen molar-refractivity contribution in [3.63, 3.8) is 0 Å². The van der Waals surface area contributed by atoms with Gasteiger partial charge in [0.05, 0.1) is 23.1 Å². The Morgan fingerprint density at radius 3 is 2.76 bits per heavy atom. The van der Waals surface area contributed by atoms with Gasteiger partial charge in [0.25, 0.3) is 5.91 Å². The largest absolute Gasteiger partial charge is 0.358 e. The molecule has 1 aliphatic heterocycles. The summed E-state index contributed by atoms with van der Waals surface area (Å²) in [6.45, 7) is 7.51. The van der Waals surface area contributed by atoms with E-state index in [1.54, 1.807) is 22.0 Å². The molecule has 0 radical (unpaired) electrons. The number of benzene rings is 1. The van der Waals surface area contributed by atoms with E-state index in [0.717, 1.165) is 24.3 Å². The number of thiocarbonyl (C=S) groups is 1. The van der Waals surface area contributed by atoms with Gasteiger partial charge in [-0.2, -0.15) is 5.10 Å². The van der Waals surface area contributed by atoms with Crippen molar-refractivity contribution in [1.82, 2.24) is 25.1 Å². The van der Waals surface area contributed by atoms with Gasteiger partial charge in [0.2, 0.25) is 0 Å². The van der Waals surface area contributed by atoms with E-state index in [9.17, 15) is 4.79 Å². The maximum atomic E-state index is 13.0. The highest BCUT2D eigenvalue weighted by Crippen LogP contribution is 2.19. The Hall–Kier alpha value is -2.67. The lowest BCUT2D eigenvalue weighted by Gasteiger charge is -2.30. The van der Waals surface area contributed by atoms with Gasteiger partial charge in [0, 0.05) is 19.6 Å². The van der Waals surface area contributed by atoms with Gasteiger partial charge in [-0.15, -0.1) is 6.58 Å². The minimum atomic E-state index is -0.0834. The molecule has 2 aromatic rings. The van der Waals surface area contributed by atoms with Crippen molar-refractivity contribution in [3.8, 4) is 5.69 Å². The molecule has 1 N–H and O–H groups in total. The fourth-order valence-electron chi connectivity index (χ4n) is 2.87. The van der Waals surface area contributed by atoms with Gasteiger partial charge in [0.1, 0.15) is 0 Å². The summed E-state index contributed by atoms with van der Waals surface area (Å²) in [7, 11) is 0. The van der Waals surface area contributed by atoms with E-state index in [1.807, 2.05) is 42.3 Å². The number of carbonyl (C=O) groups excluding carboxylic acids is 1. The molecular weight excluding hydrogens is 334 g/mol. The highest BCUT2D eigenvalue weighted by molar-refractivity contribution is 7.80. The number of hydrogen-bond acceptors (Lipinski definition) is 3. The van der Waals surface area contributed by atoms with Crippen LogP contribution >= 0.6 is 12.2 Å². The van der Waals surface area contributed by atoms with E-state index in [0.29, 0.717) is 23.8 Å². The summed E-state index contributed by atoms with van der Waals surface area (Å²) >= 11 is 5.39. The van der Waals surface area contributed by atoms with Crippen LogP contribution < -0.4 is 5.32 Å². The molecule has 6 nitrogen and oxygen atoms in total. The zero-order valence-corrected chi connectivity index (χ0v) is 15.0. The van der Waals surface area contributed by atoms with Crippen molar-refractivity contribution >= 4 is 23.2 Å². The number of nitrogens with zero attached hydrogens (tertiary/aromatic N) is 4. The van der Waals surface area contributed by atoms with Gasteiger partial charge < -0.3 is 5.32 Å². The Bertz CT molecular complexity index is 786. The van der Waals surface area contributed by atoms with E-state index in [2.05, 4.69) is 17.0 Å². The highest BCUT2D eigenvalue weighted by Gasteiger charge is 2.31. The summed E-state index contributed by atoms with van der Waals surface area (Å²) in [5.74, 6) is -0.0834. The summed E-state index contributed by atoms with van der Waals surface area (Å²) in [5.41, 5.74) is 2.33. The summed E-state index contributed by atoms with van der Waals surface area (Å²) in [6, 6.07) is 9.77. The molecule has 7 heteroatoms. The molecule has 2 heterocycles. The predicted octanol–water partition coefficient (Wildman–Crippen LogP) is 2.30. The maximum Gasteiger partial charge on any atom is 0.275 e. The first-order chi connectivity index (χ1) is 12.1. The van der Waals surface area contributed by atoms with E-state index in [1.165, 1.54) is 0 Å². The molecule has 0 spiro atoms. The summed E-state index contributed by atoms with van der Waals surface area (Å²) in [5, 5.41) is 11.5. The van der Waals surface area contributed by atoms with E-state index in [-0.39, 0.29) is 5.91 Å². The monoisotopic (exact) mass is 355 g/mol. The summed E-state index contributed by atoms with van der Waals surface area (Å²) in [6.07, 6.45) is 4.25.